The zero-order valence-corrected chi connectivity index (χ0v) is 11.7. The highest BCUT2D eigenvalue weighted by Gasteiger charge is 2.08. The number of hydrogen-bond donors (Lipinski definition) is 0. The minimum atomic E-state index is 0.0917. The largest absolute Gasteiger partial charge is 0.497 e. The normalized spacial score (nSPS) is 10.5. The van der Waals surface area contributed by atoms with Crippen molar-refractivity contribution in [2.45, 2.75) is 6.42 Å². The van der Waals surface area contributed by atoms with Crippen molar-refractivity contribution in [3.8, 4) is 5.75 Å². The third-order valence-corrected chi connectivity index (χ3v) is 3.42. The van der Waals surface area contributed by atoms with Gasteiger partial charge in [-0.1, -0.05) is 18.2 Å². The van der Waals surface area contributed by atoms with E-state index >= 15 is 0 Å². The van der Waals surface area contributed by atoms with E-state index in [2.05, 4.69) is 4.98 Å². The Balaban J connectivity index is 1.86. The predicted molar refractivity (Wildman–Crippen MR) is 82.8 cm³/mol. The van der Waals surface area contributed by atoms with Gasteiger partial charge in [-0.25, -0.2) is 0 Å². The maximum Gasteiger partial charge on any atom is 0.167 e. The highest BCUT2D eigenvalue weighted by Crippen LogP contribution is 2.17. The first-order valence-electron chi connectivity index (χ1n) is 6.77. The number of carbonyl (C=O) groups excluding carboxylic acids is 1. The third kappa shape index (κ3) is 2.92. The molecule has 0 aliphatic rings. The lowest BCUT2D eigenvalue weighted by Crippen LogP contribution is -2.03. The summed E-state index contributed by atoms with van der Waals surface area (Å²) in [6, 6.07) is 17.0. The van der Waals surface area contributed by atoms with Crippen molar-refractivity contribution in [2.24, 2.45) is 0 Å². The van der Waals surface area contributed by atoms with E-state index in [1.807, 2.05) is 54.6 Å². The minimum absolute atomic E-state index is 0.0917. The van der Waals surface area contributed by atoms with E-state index in [9.17, 15) is 4.79 Å². The van der Waals surface area contributed by atoms with Crippen molar-refractivity contribution in [2.75, 3.05) is 7.11 Å². The van der Waals surface area contributed by atoms with Gasteiger partial charge >= 0.3 is 0 Å². The summed E-state index contributed by atoms with van der Waals surface area (Å²) in [4.78, 5) is 16.7. The Morgan fingerprint density at radius 1 is 1.10 bits per heavy atom. The van der Waals surface area contributed by atoms with E-state index in [1.165, 1.54) is 0 Å². The first-order valence-corrected chi connectivity index (χ1v) is 6.77. The van der Waals surface area contributed by atoms with Gasteiger partial charge < -0.3 is 4.74 Å². The fraction of sp³-hybridized carbons (Fsp3) is 0.111. The summed E-state index contributed by atoms with van der Waals surface area (Å²) in [6.45, 7) is 0. The Labute approximate surface area is 123 Å². The molecule has 0 spiro atoms. The third-order valence-electron chi connectivity index (χ3n) is 3.42. The van der Waals surface area contributed by atoms with Crippen molar-refractivity contribution in [3.63, 3.8) is 0 Å². The number of ketones is 1. The fourth-order valence-corrected chi connectivity index (χ4v) is 2.32. The molecule has 0 bridgehead atoms. The fourth-order valence-electron chi connectivity index (χ4n) is 2.32. The average Bonchev–Trinajstić information content (AvgIpc) is 2.54. The first kappa shape index (κ1) is 13.3. The topological polar surface area (TPSA) is 39.2 Å². The molecule has 21 heavy (non-hydrogen) atoms. The number of pyridine rings is 1. The molecule has 1 heterocycles. The van der Waals surface area contributed by atoms with Gasteiger partial charge in [0.05, 0.1) is 12.6 Å². The molecule has 2 aromatic carbocycles. The van der Waals surface area contributed by atoms with Gasteiger partial charge in [-0.15, -0.1) is 0 Å². The highest BCUT2D eigenvalue weighted by molar-refractivity contribution is 6.00. The lowest BCUT2D eigenvalue weighted by Gasteiger charge is -2.05. The van der Waals surface area contributed by atoms with Gasteiger partial charge in [-0.3, -0.25) is 9.78 Å². The lowest BCUT2D eigenvalue weighted by atomic mass is 10.0. The summed E-state index contributed by atoms with van der Waals surface area (Å²) in [5.41, 5.74) is 2.55. The second-order valence-electron chi connectivity index (χ2n) is 4.86. The number of aromatic nitrogens is 1. The molecule has 0 N–H and O–H groups in total. The molecule has 0 aliphatic heterocycles. The van der Waals surface area contributed by atoms with Crippen molar-refractivity contribution in [1.29, 1.82) is 0 Å². The summed E-state index contributed by atoms with van der Waals surface area (Å²) in [7, 11) is 1.62. The van der Waals surface area contributed by atoms with Gasteiger partial charge in [-0.05, 0) is 42.0 Å². The zero-order chi connectivity index (χ0) is 14.7. The monoisotopic (exact) mass is 277 g/mol. The molecule has 0 saturated carbocycles. The van der Waals surface area contributed by atoms with Gasteiger partial charge in [0.25, 0.3) is 0 Å². The van der Waals surface area contributed by atoms with Crippen LogP contribution in [0, 0.1) is 0 Å². The van der Waals surface area contributed by atoms with Gasteiger partial charge in [-0.2, -0.15) is 0 Å². The van der Waals surface area contributed by atoms with Crippen LogP contribution < -0.4 is 4.74 Å². The second-order valence-corrected chi connectivity index (χ2v) is 4.86. The molecule has 0 saturated heterocycles. The van der Waals surface area contributed by atoms with Crippen LogP contribution in [0.2, 0.25) is 0 Å². The molecule has 104 valence electrons. The summed E-state index contributed by atoms with van der Waals surface area (Å²) in [5.74, 6) is 0.858. The smallest absolute Gasteiger partial charge is 0.167 e. The maximum atomic E-state index is 12.4. The highest BCUT2D eigenvalue weighted by atomic mass is 16.5. The molecular formula is C18H15NO2. The number of rotatable bonds is 4. The molecule has 3 aromatic rings. The van der Waals surface area contributed by atoms with Gasteiger partial charge in [0.15, 0.2) is 5.78 Å². The molecule has 3 heteroatoms. The molecule has 0 atom stereocenters. The number of nitrogens with zero attached hydrogens (tertiary/aromatic N) is 1. The number of carbonyl (C=O) groups is 1. The van der Waals surface area contributed by atoms with Gasteiger partial charge in [0.1, 0.15) is 5.75 Å². The number of hydrogen-bond acceptors (Lipinski definition) is 3. The predicted octanol–water partition coefficient (Wildman–Crippen LogP) is 3.67. The van der Waals surface area contributed by atoms with E-state index in [0.29, 0.717) is 12.0 Å². The van der Waals surface area contributed by atoms with Crippen molar-refractivity contribution in [3.05, 3.63) is 71.9 Å². The summed E-state index contributed by atoms with van der Waals surface area (Å²) >= 11 is 0. The zero-order valence-electron chi connectivity index (χ0n) is 11.7. The maximum absolute atomic E-state index is 12.4. The second kappa shape index (κ2) is 5.75. The number of fused-ring (bicyclic) bond motifs is 1. The molecule has 0 unspecified atom stereocenters. The van der Waals surface area contributed by atoms with Gasteiger partial charge in [0, 0.05) is 23.6 Å². The van der Waals surface area contributed by atoms with E-state index in [-0.39, 0.29) is 5.78 Å². The van der Waals surface area contributed by atoms with Crippen LogP contribution in [0.4, 0.5) is 0 Å². The summed E-state index contributed by atoms with van der Waals surface area (Å²) in [5, 5.41) is 0.981. The van der Waals surface area contributed by atoms with E-state index in [1.54, 1.807) is 13.3 Å². The Kier molecular flexibility index (Phi) is 3.65. The quantitative estimate of drug-likeness (QED) is 0.683. The van der Waals surface area contributed by atoms with Crippen molar-refractivity contribution >= 4 is 16.7 Å². The van der Waals surface area contributed by atoms with Crippen LogP contribution in [0.5, 0.6) is 5.75 Å². The summed E-state index contributed by atoms with van der Waals surface area (Å²) in [6.07, 6.45) is 2.11. The number of ether oxygens (including phenoxy) is 1. The Bertz CT molecular complexity index is 796. The number of benzene rings is 2. The van der Waals surface area contributed by atoms with Crippen LogP contribution in [0.1, 0.15) is 15.9 Å². The van der Waals surface area contributed by atoms with Crippen LogP contribution in [0.15, 0.2) is 60.8 Å². The van der Waals surface area contributed by atoms with Gasteiger partial charge in [0.2, 0.25) is 0 Å². The molecule has 0 aliphatic carbocycles. The first-order chi connectivity index (χ1) is 10.3. The molecule has 3 nitrogen and oxygen atoms in total. The van der Waals surface area contributed by atoms with E-state index < -0.39 is 0 Å². The van der Waals surface area contributed by atoms with Crippen molar-refractivity contribution < 1.29 is 9.53 Å². The molecule has 1 aromatic heterocycles. The standard InChI is InChI=1S/C18H15NO2/c1-21-16-6-2-4-13(10-16)11-18(20)15-7-8-17-14(12-15)5-3-9-19-17/h2-10,12H,11H2,1H3. The molecule has 3 rings (SSSR count). The van der Waals surface area contributed by atoms with Crippen LogP contribution in [-0.4, -0.2) is 17.9 Å². The van der Waals surface area contributed by atoms with E-state index in [4.69, 9.17) is 4.74 Å². The Morgan fingerprint density at radius 3 is 2.86 bits per heavy atom. The Hall–Kier alpha value is -2.68. The van der Waals surface area contributed by atoms with Crippen LogP contribution >= 0.6 is 0 Å². The molecule has 0 amide bonds. The minimum Gasteiger partial charge on any atom is -0.497 e. The SMILES string of the molecule is COc1cccc(CC(=O)c2ccc3ncccc3c2)c1. The van der Waals surface area contributed by atoms with Crippen LogP contribution in [-0.2, 0) is 6.42 Å². The van der Waals surface area contributed by atoms with Crippen LogP contribution in [0.3, 0.4) is 0 Å². The number of Topliss-reactive ketones (excluding diaryl/α,β-unsaturated/α-hetero) is 1. The average molecular weight is 277 g/mol. The Morgan fingerprint density at radius 2 is 2.00 bits per heavy atom. The van der Waals surface area contributed by atoms with E-state index in [0.717, 1.165) is 22.2 Å². The number of methoxy groups -OCH3 is 1. The molecule has 0 fully saturated rings. The lowest BCUT2D eigenvalue weighted by molar-refractivity contribution is 0.0993. The summed E-state index contributed by atoms with van der Waals surface area (Å²) < 4.78 is 5.18. The van der Waals surface area contributed by atoms with Crippen LogP contribution in [0.25, 0.3) is 10.9 Å². The molecule has 0 radical (unpaired) electrons. The van der Waals surface area contributed by atoms with Crippen molar-refractivity contribution in [1.82, 2.24) is 4.98 Å². The molecular weight excluding hydrogens is 262 g/mol.